The molecule has 1 aromatic heterocycles. The highest BCUT2D eigenvalue weighted by Crippen LogP contribution is 2.39. The van der Waals surface area contributed by atoms with Crippen LogP contribution in [0.1, 0.15) is 53.0 Å². The number of furan rings is 1. The zero-order valence-electron chi connectivity index (χ0n) is 12.8. The fraction of sp³-hybridized carbons (Fsp3) is 0.294. The third-order valence-electron chi connectivity index (χ3n) is 3.72. The van der Waals surface area contributed by atoms with Gasteiger partial charge in [-0.3, -0.25) is 4.79 Å². The van der Waals surface area contributed by atoms with Gasteiger partial charge < -0.3 is 19.6 Å². The third kappa shape index (κ3) is 3.06. The molecule has 1 aromatic carbocycles. The van der Waals surface area contributed by atoms with Crippen LogP contribution in [0.25, 0.3) is 0 Å². The first-order chi connectivity index (χ1) is 10.9. The van der Waals surface area contributed by atoms with Crippen molar-refractivity contribution in [2.24, 2.45) is 0 Å². The Balaban J connectivity index is 1.84. The van der Waals surface area contributed by atoms with E-state index >= 15 is 0 Å². The van der Waals surface area contributed by atoms with Crippen molar-refractivity contribution in [1.82, 2.24) is 5.32 Å². The molecule has 120 valence electrons. The summed E-state index contributed by atoms with van der Waals surface area (Å²) >= 11 is 0. The molecule has 2 heterocycles. The van der Waals surface area contributed by atoms with Gasteiger partial charge in [0.1, 0.15) is 11.4 Å². The van der Waals surface area contributed by atoms with Gasteiger partial charge >= 0.3 is 5.97 Å². The maximum Gasteiger partial charge on any atom is 0.371 e. The van der Waals surface area contributed by atoms with Crippen LogP contribution in [0.4, 0.5) is 0 Å². The van der Waals surface area contributed by atoms with E-state index < -0.39 is 17.5 Å². The van der Waals surface area contributed by atoms with Crippen molar-refractivity contribution < 1.29 is 23.8 Å². The minimum Gasteiger partial charge on any atom is -0.487 e. The molecule has 1 unspecified atom stereocenters. The first kappa shape index (κ1) is 15.1. The van der Waals surface area contributed by atoms with E-state index in [0.29, 0.717) is 6.42 Å². The van der Waals surface area contributed by atoms with Gasteiger partial charge in [-0.1, -0.05) is 18.2 Å². The van der Waals surface area contributed by atoms with Crippen LogP contribution < -0.4 is 10.1 Å². The molecule has 1 aliphatic heterocycles. The maximum atomic E-state index is 12.3. The molecular weight excluding hydrogens is 298 g/mol. The van der Waals surface area contributed by atoms with Crippen LogP contribution in [0.2, 0.25) is 0 Å². The predicted octanol–water partition coefficient (Wildman–Crippen LogP) is 3.01. The molecule has 3 rings (SSSR count). The lowest BCUT2D eigenvalue weighted by molar-refractivity contribution is 0.0609. The summed E-state index contributed by atoms with van der Waals surface area (Å²) in [5, 5.41) is 11.8. The van der Waals surface area contributed by atoms with Gasteiger partial charge in [0, 0.05) is 12.0 Å². The molecule has 2 aromatic rings. The van der Waals surface area contributed by atoms with Crippen molar-refractivity contribution >= 4 is 11.9 Å². The summed E-state index contributed by atoms with van der Waals surface area (Å²) < 4.78 is 11.0. The lowest BCUT2D eigenvalue weighted by atomic mass is 9.89. The Bertz CT molecular complexity index is 762. The largest absolute Gasteiger partial charge is 0.487 e. The number of carboxylic acids is 1. The molecule has 0 bridgehead atoms. The molecule has 0 radical (unpaired) electrons. The first-order valence-corrected chi connectivity index (χ1v) is 7.28. The number of benzene rings is 1. The van der Waals surface area contributed by atoms with Gasteiger partial charge in [0.15, 0.2) is 5.76 Å². The molecule has 0 spiro atoms. The highest BCUT2D eigenvalue weighted by Gasteiger charge is 2.34. The van der Waals surface area contributed by atoms with E-state index in [0.717, 1.165) is 11.3 Å². The number of para-hydroxylation sites is 1. The van der Waals surface area contributed by atoms with Gasteiger partial charge in [-0.2, -0.15) is 0 Å². The van der Waals surface area contributed by atoms with E-state index in [2.05, 4.69) is 5.32 Å². The van der Waals surface area contributed by atoms with Crippen molar-refractivity contribution in [2.75, 3.05) is 0 Å². The summed E-state index contributed by atoms with van der Waals surface area (Å²) in [5.41, 5.74) is 0.479. The summed E-state index contributed by atoms with van der Waals surface area (Å²) in [6, 6.07) is 9.92. The van der Waals surface area contributed by atoms with E-state index in [-0.39, 0.29) is 17.6 Å². The molecule has 6 nitrogen and oxygen atoms in total. The lowest BCUT2D eigenvalue weighted by Crippen LogP contribution is -2.41. The second-order valence-corrected chi connectivity index (χ2v) is 6.10. The zero-order valence-corrected chi connectivity index (χ0v) is 12.8. The number of hydrogen-bond acceptors (Lipinski definition) is 4. The fourth-order valence-electron chi connectivity index (χ4n) is 2.74. The normalized spacial score (nSPS) is 18.6. The van der Waals surface area contributed by atoms with Crippen LogP contribution in [0.5, 0.6) is 5.75 Å². The Morgan fingerprint density at radius 1 is 1.17 bits per heavy atom. The summed E-state index contributed by atoms with van der Waals surface area (Å²) in [6.45, 7) is 3.91. The highest BCUT2D eigenvalue weighted by molar-refractivity contribution is 5.93. The minimum absolute atomic E-state index is 0.0239. The lowest BCUT2D eigenvalue weighted by Gasteiger charge is -2.37. The van der Waals surface area contributed by atoms with Gasteiger partial charge in [0.2, 0.25) is 5.76 Å². The van der Waals surface area contributed by atoms with Crippen molar-refractivity contribution in [3.05, 3.63) is 53.5 Å². The Hall–Kier alpha value is -2.76. The minimum atomic E-state index is -1.21. The van der Waals surface area contributed by atoms with Crippen LogP contribution in [0.3, 0.4) is 0 Å². The second-order valence-electron chi connectivity index (χ2n) is 6.10. The third-order valence-corrected chi connectivity index (χ3v) is 3.72. The Labute approximate surface area is 133 Å². The molecule has 23 heavy (non-hydrogen) atoms. The molecule has 0 saturated carbocycles. The number of carboxylic acid groups (broad SMARTS) is 1. The Kier molecular flexibility index (Phi) is 3.60. The highest BCUT2D eigenvalue weighted by atomic mass is 16.5. The quantitative estimate of drug-likeness (QED) is 0.909. The van der Waals surface area contributed by atoms with Crippen LogP contribution in [0, 0.1) is 0 Å². The van der Waals surface area contributed by atoms with Gasteiger partial charge in [-0.25, -0.2) is 4.79 Å². The first-order valence-electron chi connectivity index (χ1n) is 7.28. The molecule has 2 N–H and O–H groups in total. The number of aromatic carboxylic acids is 1. The van der Waals surface area contributed by atoms with Gasteiger partial charge in [-0.05, 0) is 32.0 Å². The average molecular weight is 315 g/mol. The van der Waals surface area contributed by atoms with E-state index in [9.17, 15) is 9.59 Å². The van der Waals surface area contributed by atoms with E-state index in [4.69, 9.17) is 14.3 Å². The van der Waals surface area contributed by atoms with E-state index in [1.165, 1.54) is 12.1 Å². The van der Waals surface area contributed by atoms with Crippen molar-refractivity contribution in [2.45, 2.75) is 31.9 Å². The molecule has 1 aliphatic rings. The van der Waals surface area contributed by atoms with E-state index in [1.54, 1.807) is 0 Å². The van der Waals surface area contributed by atoms with Crippen LogP contribution in [-0.4, -0.2) is 22.6 Å². The number of nitrogens with one attached hydrogen (secondary N) is 1. The maximum absolute atomic E-state index is 12.3. The molecule has 0 fully saturated rings. The summed E-state index contributed by atoms with van der Waals surface area (Å²) in [6.07, 6.45) is 0.599. The van der Waals surface area contributed by atoms with Crippen molar-refractivity contribution in [1.29, 1.82) is 0 Å². The topological polar surface area (TPSA) is 88.8 Å². The number of ether oxygens (including phenoxy) is 1. The molecule has 0 saturated heterocycles. The van der Waals surface area contributed by atoms with Crippen LogP contribution >= 0.6 is 0 Å². The number of amides is 1. The predicted molar refractivity (Wildman–Crippen MR) is 81.6 cm³/mol. The average Bonchev–Trinajstić information content (AvgIpc) is 2.96. The summed E-state index contributed by atoms with van der Waals surface area (Å²) in [5.74, 6) is -1.21. The number of rotatable bonds is 3. The Morgan fingerprint density at radius 2 is 1.87 bits per heavy atom. The molecule has 1 amide bonds. The van der Waals surface area contributed by atoms with Crippen LogP contribution in [-0.2, 0) is 0 Å². The summed E-state index contributed by atoms with van der Waals surface area (Å²) in [7, 11) is 0. The molecule has 6 heteroatoms. The van der Waals surface area contributed by atoms with Crippen molar-refractivity contribution in [3.63, 3.8) is 0 Å². The van der Waals surface area contributed by atoms with Gasteiger partial charge in [0.05, 0.1) is 6.04 Å². The number of fused-ring (bicyclic) bond motifs is 1. The standard InChI is InChI=1S/C17H17NO5/c1-17(2)9-11(10-5-3-4-6-12(10)23-17)18-15(19)13-7-8-14(22-13)16(20)21/h3-8,11H,9H2,1-2H3,(H,18,19)(H,20,21). The second kappa shape index (κ2) is 5.46. The fourth-order valence-corrected chi connectivity index (χ4v) is 2.74. The van der Waals surface area contributed by atoms with Crippen LogP contribution in [0.15, 0.2) is 40.8 Å². The zero-order chi connectivity index (χ0) is 16.6. The van der Waals surface area contributed by atoms with Gasteiger partial charge in [0.25, 0.3) is 5.91 Å². The molecule has 1 atom stereocenters. The molecular formula is C17H17NO5. The molecule has 0 aliphatic carbocycles. The smallest absolute Gasteiger partial charge is 0.371 e. The van der Waals surface area contributed by atoms with Gasteiger partial charge in [-0.15, -0.1) is 0 Å². The Morgan fingerprint density at radius 3 is 2.57 bits per heavy atom. The number of hydrogen-bond donors (Lipinski definition) is 2. The summed E-state index contributed by atoms with van der Waals surface area (Å²) in [4.78, 5) is 23.2. The van der Waals surface area contributed by atoms with Crippen molar-refractivity contribution in [3.8, 4) is 5.75 Å². The SMILES string of the molecule is CC1(C)CC(NC(=O)c2ccc(C(=O)O)o2)c2ccccc2O1. The number of carbonyl (C=O) groups is 2. The van der Waals surface area contributed by atoms with E-state index in [1.807, 2.05) is 38.1 Å². The number of carbonyl (C=O) groups excluding carboxylic acids is 1. The monoisotopic (exact) mass is 315 g/mol.